The minimum absolute atomic E-state index is 0.259. The molecule has 0 spiro atoms. The maximum atomic E-state index is 11.0. The monoisotopic (exact) mass is 209 g/mol. The zero-order valence-corrected chi connectivity index (χ0v) is 8.83. The lowest BCUT2D eigenvalue weighted by Crippen LogP contribution is -2.29. The third-order valence-electron chi connectivity index (χ3n) is 1.46. The molecule has 13 heavy (non-hydrogen) atoms. The molecule has 78 valence electrons. The second-order valence-corrected chi connectivity index (χ2v) is 3.53. The molecule has 0 aromatic heterocycles. The van der Waals surface area contributed by atoms with Crippen LogP contribution in [0.5, 0.6) is 0 Å². The van der Waals surface area contributed by atoms with Crippen LogP contribution in [0.15, 0.2) is 0 Å². The zero-order chi connectivity index (χ0) is 10.1. The maximum absolute atomic E-state index is 11.0. The van der Waals surface area contributed by atoms with Gasteiger partial charge in [-0.2, -0.15) is 0 Å². The van der Waals surface area contributed by atoms with Gasteiger partial charge in [-0.15, -0.1) is 9.05 Å². The van der Waals surface area contributed by atoms with Crippen LogP contribution in [-0.4, -0.2) is 25.8 Å². The molecule has 0 aliphatic heterocycles. The second kappa shape index (κ2) is 8.53. The first-order chi connectivity index (χ1) is 6.24. The summed E-state index contributed by atoms with van der Waals surface area (Å²) in [5.74, 6) is 0. The Balaban J connectivity index is 3.48. The molecule has 0 aromatic carbocycles. The first-order valence-corrected chi connectivity index (χ1v) is 5.51. The summed E-state index contributed by atoms with van der Waals surface area (Å²) in [4.78, 5) is 0. The van der Waals surface area contributed by atoms with E-state index in [2.05, 4.69) is 0 Å². The lowest BCUT2D eigenvalue weighted by Gasteiger charge is -2.02. The van der Waals surface area contributed by atoms with E-state index in [4.69, 9.17) is 20.5 Å². The van der Waals surface area contributed by atoms with E-state index >= 15 is 0 Å². The summed E-state index contributed by atoms with van der Waals surface area (Å²) < 4.78 is 20.9. The SMILES string of the molecule is CCCCO[P+](=O)OC(CN)CN. The Kier molecular flexibility index (Phi) is 8.49. The van der Waals surface area contributed by atoms with Gasteiger partial charge in [0.05, 0.1) is 0 Å². The van der Waals surface area contributed by atoms with E-state index in [1.807, 2.05) is 6.92 Å². The molecule has 6 heteroatoms. The molecular weight excluding hydrogens is 191 g/mol. The van der Waals surface area contributed by atoms with Gasteiger partial charge in [-0.25, -0.2) is 0 Å². The highest BCUT2D eigenvalue weighted by Gasteiger charge is 2.25. The van der Waals surface area contributed by atoms with Crippen LogP contribution in [0.3, 0.4) is 0 Å². The highest BCUT2D eigenvalue weighted by atomic mass is 31.1. The van der Waals surface area contributed by atoms with Gasteiger partial charge in [0.25, 0.3) is 0 Å². The van der Waals surface area contributed by atoms with Crippen LogP contribution >= 0.6 is 8.25 Å². The van der Waals surface area contributed by atoms with Crippen molar-refractivity contribution in [2.24, 2.45) is 11.5 Å². The molecule has 0 aliphatic rings. The van der Waals surface area contributed by atoms with Crippen molar-refractivity contribution in [3.8, 4) is 0 Å². The van der Waals surface area contributed by atoms with Gasteiger partial charge in [0.15, 0.2) is 0 Å². The maximum Gasteiger partial charge on any atom is 0.697 e. The Morgan fingerprint density at radius 3 is 2.46 bits per heavy atom. The van der Waals surface area contributed by atoms with E-state index in [0.717, 1.165) is 12.8 Å². The molecule has 0 heterocycles. The van der Waals surface area contributed by atoms with E-state index in [9.17, 15) is 4.57 Å². The largest absolute Gasteiger partial charge is 0.697 e. The Hall–Kier alpha value is -0.0600. The third kappa shape index (κ3) is 7.05. The molecule has 0 fully saturated rings. The van der Waals surface area contributed by atoms with Crippen molar-refractivity contribution in [1.82, 2.24) is 0 Å². The molecule has 0 saturated carbocycles. The van der Waals surface area contributed by atoms with Crippen molar-refractivity contribution in [3.05, 3.63) is 0 Å². The lowest BCUT2D eigenvalue weighted by atomic mass is 10.4. The Morgan fingerprint density at radius 1 is 1.38 bits per heavy atom. The van der Waals surface area contributed by atoms with Crippen LogP contribution in [0, 0.1) is 0 Å². The first-order valence-electron chi connectivity index (χ1n) is 4.41. The normalized spacial score (nSPS) is 12.2. The molecule has 5 nitrogen and oxygen atoms in total. The van der Waals surface area contributed by atoms with Crippen LogP contribution < -0.4 is 11.5 Å². The van der Waals surface area contributed by atoms with Crippen molar-refractivity contribution in [2.45, 2.75) is 25.9 Å². The molecule has 1 unspecified atom stereocenters. The van der Waals surface area contributed by atoms with E-state index in [1.165, 1.54) is 0 Å². The molecule has 0 aliphatic carbocycles. The lowest BCUT2D eigenvalue weighted by molar-refractivity contribution is 0.172. The van der Waals surface area contributed by atoms with Gasteiger partial charge >= 0.3 is 8.25 Å². The van der Waals surface area contributed by atoms with Crippen molar-refractivity contribution in [1.29, 1.82) is 0 Å². The third-order valence-corrected chi connectivity index (χ3v) is 2.32. The second-order valence-electron chi connectivity index (χ2n) is 2.61. The summed E-state index contributed by atoms with van der Waals surface area (Å²) in [5, 5.41) is 0. The molecule has 0 saturated heterocycles. The number of nitrogens with two attached hydrogens (primary N) is 2. The van der Waals surface area contributed by atoms with Crippen molar-refractivity contribution >= 4 is 8.25 Å². The summed E-state index contributed by atoms with van der Waals surface area (Å²) >= 11 is 0. The van der Waals surface area contributed by atoms with Gasteiger partial charge in [-0.05, 0) is 6.42 Å². The van der Waals surface area contributed by atoms with Gasteiger partial charge < -0.3 is 11.5 Å². The van der Waals surface area contributed by atoms with Crippen molar-refractivity contribution < 1.29 is 13.6 Å². The number of unbranched alkanes of at least 4 members (excludes halogenated alkanes) is 1. The Labute approximate surface area is 79.7 Å². The Morgan fingerprint density at radius 2 is 2.00 bits per heavy atom. The zero-order valence-electron chi connectivity index (χ0n) is 7.94. The van der Waals surface area contributed by atoms with Gasteiger partial charge in [0.2, 0.25) is 0 Å². The molecule has 0 rings (SSSR count). The van der Waals surface area contributed by atoms with E-state index in [0.29, 0.717) is 6.61 Å². The predicted molar refractivity (Wildman–Crippen MR) is 51.4 cm³/mol. The van der Waals surface area contributed by atoms with E-state index in [1.54, 1.807) is 0 Å². The molecular formula is C7H18N2O3P+. The standard InChI is InChI=1S/C7H18N2O3P/c1-2-3-4-11-13(10)12-7(5-8)6-9/h7H,2-6,8-9H2,1H3/q+1. The Bertz CT molecular complexity index is 142. The molecule has 4 N–H and O–H groups in total. The van der Waals surface area contributed by atoms with Crippen LogP contribution in [0.4, 0.5) is 0 Å². The fourth-order valence-corrected chi connectivity index (χ4v) is 1.37. The minimum atomic E-state index is -2.05. The number of hydrogen-bond acceptors (Lipinski definition) is 5. The van der Waals surface area contributed by atoms with E-state index in [-0.39, 0.29) is 19.2 Å². The summed E-state index contributed by atoms with van der Waals surface area (Å²) in [6.45, 7) is 3.00. The van der Waals surface area contributed by atoms with Gasteiger partial charge in [0.1, 0.15) is 12.7 Å². The summed E-state index contributed by atoms with van der Waals surface area (Å²) in [6.07, 6.45) is 1.51. The fourth-order valence-electron chi connectivity index (χ4n) is 0.618. The van der Waals surface area contributed by atoms with Crippen molar-refractivity contribution in [3.63, 3.8) is 0 Å². The molecule has 1 atom stereocenters. The predicted octanol–water partition coefficient (Wildman–Crippen LogP) is 0.763. The molecule has 0 radical (unpaired) electrons. The van der Waals surface area contributed by atoms with Crippen LogP contribution in [0.2, 0.25) is 0 Å². The minimum Gasteiger partial charge on any atom is -0.328 e. The summed E-state index contributed by atoms with van der Waals surface area (Å²) in [7, 11) is -2.05. The summed E-state index contributed by atoms with van der Waals surface area (Å²) in [5.41, 5.74) is 10.6. The smallest absolute Gasteiger partial charge is 0.328 e. The molecule has 0 aromatic rings. The van der Waals surface area contributed by atoms with Gasteiger partial charge in [-0.3, -0.25) is 0 Å². The number of hydrogen-bond donors (Lipinski definition) is 2. The average Bonchev–Trinajstić information content (AvgIpc) is 2.14. The van der Waals surface area contributed by atoms with E-state index < -0.39 is 8.25 Å². The molecule has 0 bridgehead atoms. The average molecular weight is 209 g/mol. The first kappa shape index (κ1) is 12.9. The summed E-state index contributed by atoms with van der Waals surface area (Å²) in [6, 6.07) is 0. The quantitative estimate of drug-likeness (QED) is 0.455. The molecule has 0 amide bonds. The van der Waals surface area contributed by atoms with Crippen LogP contribution in [0.25, 0.3) is 0 Å². The highest BCUT2D eigenvalue weighted by Crippen LogP contribution is 2.25. The number of rotatable bonds is 8. The topological polar surface area (TPSA) is 87.6 Å². The fraction of sp³-hybridized carbons (Fsp3) is 1.00. The highest BCUT2D eigenvalue weighted by molar-refractivity contribution is 7.33. The van der Waals surface area contributed by atoms with Crippen LogP contribution in [-0.2, 0) is 13.6 Å². The van der Waals surface area contributed by atoms with Gasteiger partial charge in [0, 0.05) is 17.7 Å². The van der Waals surface area contributed by atoms with Crippen LogP contribution in [0.1, 0.15) is 19.8 Å². The van der Waals surface area contributed by atoms with Crippen molar-refractivity contribution in [2.75, 3.05) is 19.7 Å². The van der Waals surface area contributed by atoms with Gasteiger partial charge in [-0.1, -0.05) is 13.3 Å².